The van der Waals surface area contributed by atoms with E-state index in [1.807, 2.05) is 18.2 Å². The van der Waals surface area contributed by atoms with Crippen molar-refractivity contribution in [3.63, 3.8) is 0 Å². The van der Waals surface area contributed by atoms with Crippen molar-refractivity contribution in [1.82, 2.24) is 5.64 Å². The minimum Gasteiger partial charge on any atom is -0.384 e. The standard InChI is InChI=1S/C6H7NO2/c8-7-9-6-4-2-1-3-5-6/h1-5,7-8H. The minimum atomic E-state index is 0.583. The highest BCUT2D eigenvalue weighted by atomic mass is 16.8. The molecule has 48 valence electrons. The molecule has 0 aromatic heterocycles. The molecule has 9 heavy (non-hydrogen) atoms. The first-order chi connectivity index (χ1) is 4.43. The molecule has 0 unspecified atom stereocenters. The quantitative estimate of drug-likeness (QED) is 0.578. The lowest BCUT2D eigenvalue weighted by atomic mass is 10.3. The number of hydrogen-bond donors (Lipinski definition) is 2. The zero-order valence-corrected chi connectivity index (χ0v) is 4.74. The summed E-state index contributed by atoms with van der Waals surface area (Å²) in [6.07, 6.45) is 0. The van der Waals surface area contributed by atoms with E-state index >= 15 is 0 Å². The molecule has 0 radical (unpaired) electrons. The van der Waals surface area contributed by atoms with Crippen LogP contribution in [0.25, 0.3) is 0 Å². The predicted molar refractivity (Wildman–Crippen MR) is 32.0 cm³/mol. The molecule has 0 amide bonds. The molecule has 1 rings (SSSR count). The number of rotatable bonds is 2. The third-order valence-electron chi connectivity index (χ3n) is 0.907. The monoisotopic (exact) mass is 125 g/mol. The van der Waals surface area contributed by atoms with Gasteiger partial charge in [-0.25, -0.2) is 0 Å². The van der Waals surface area contributed by atoms with Crippen LogP contribution in [-0.4, -0.2) is 5.21 Å². The maximum atomic E-state index is 8.05. The van der Waals surface area contributed by atoms with E-state index in [4.69, 9.17) is 5.21 Å². The molecule has 0 atom stereocenters. The average molecular weight is 125 g/mol. The second kappa shape index (κ2) is 3.06. The van der Waals surface area contributed by atoms with Crippen LogP contribution in [0.2, 0.25) is 0 Å². The summed E-state index contributed by atoms with van der Waals surface area (Å²) in [5, 5.41) is 8.05. The van der Waals surface area contributed by atoms with E-state index in [-0.39, 0.29) is 0 Å². The Hall–Kier alpha value is -1.06. The van der Waals surface area contributed by atoms with Crippen molar-refractivity contribution in [2.45, 2.75) is 0 Å². The highest BCUT2D eigenvalue weighted by Gasteiger charge is 1.84. The molecule has 0 aliphatic carbocycles. The molecule has 0 saturated heterocycles. The average Bonchev–Trinajstić information content (AvgIpc) is 1.91. The second-order valence-corrected chi connectivity index (χ2v) is 1.51. The summed E-state index contributed by atoms with van der Waals surface area (Å²) in [6.45, 7) is 0. The van der Waals surface area contributed by atoms with E-state index in [1.165, 1.54) is 0 Å². The van der Waals surface area contributed by atoms with Gasteiger partial charge in [0.25, 0.3) is 0 Å². The van der Waals surface area contributed by atoms with Crippen LogP contribution in [0.15, 0.2) is 30.3 Å². The number of hydrogen-bond acceptors (Lipinski definition) is 3. The van der Waals surface area contributed by atoms with Gasteiger partial charge in [0.05, 0.1) is 0 Å². The third kappa shape index (κ3) is 1.71. The van der Waals surface area contributed by atoms with Crippen molar-refractivity contribution >= 4 is 0 Å². The van der Waals surface area contributed by atoms with Gasteiger partial charge >= 0.3 is 0 Å². The second-order valence-electron chi connectivity index (χ2n) is 1.51. The molecule has 0 aliphatic heterocycles. The first-order valence-corrected chi connectivity index (χ1v) is 2.54. The Kier molecular flexibility index (Phi) is 2.06. The summed E-state index contributed by atoms with van der Waals surface area (Å²) >= 11 is 0. The Morgan fingerprint density at radius 3 is 2.44 bits per heavy atom. The molecule has 0 aliphatic rings. The minimum absolute atomic E-state index is 0.583. The van der Waals surface area contributed by atoms with Crippen LogP contribution < -0.4 is 10.5 Å². The van der Waals surface area contributed by atoms with Gasteiger partial charge in [0.15, 0.2) is 0 Å². The maximum Gasteiger partial charge on any atom is 0.150 e. The predicted octanol–water partition coefficient (Wildman–Crippen LogP) is 0.959. The lowest BCUT2D eigenvalue weighted by molar-refractivity contribution is -0.0435. The Balaban J connectivity index is 2.61. The lowest BCUT2D eigenvalue weighted by Crippen LogP contribution is -2.11. The van der Waals surface area contributed by atoms with Crippen LogP contribution in [0.3, 0.4) is 0 Å². The summed E-state index contributed by atoms with van der Waals surface area (Å²) in [5.74, 6) is 0.583. The van der Waals surface area contributed by atoms with E-state index in [0.29, 0.717) is 5.75 Å². The van der Waals surface area contributed by atoms with Crippen LogP contribution in [0, 0.1) is 0 Å². The van der Waals surface area contributed by atoms with Gasteiger partial charge in [-0.05, 0) is 17.8 Å². The van der Waals surface area contributed by atoms with Crippen molar-refractivity contribution in [3.05, 3.63) is 30.3 Å². The van der Waals surface area contributed by atoms with E-state index in [2.05, 4.69) is 4.84 Å². The first-order valence-electron chi connectivity index (χ1n) is 2.54. The highest BCUT2D eigenvalue weighted by Crippen LogP contribution is 2.05. The van der Waals surface area contributed by atoms with Gasteiger partial charge in [-0.15, -0.1) is 0 Å². The summed E-state index contributed by atoms with van der Waals surface area (Å²) in [7, 11) is 0. The van der Waals surface area contributed by atoms with E-state index in [1.54, 1.807) is 17.8 Å². The molecule has 2 N–H and O–H groups in total. The van der Waals surface area contributed by atoms with E-state index in [9.17, 15) is 0 Å². The summed E-state index contributed by atoms with van der Waals surface area (Å²) < 4.78 is 0. The van der Waals surface area contributed by atoms with Crippen LogP contribution >= 0.6 is 0 Å². The van der Waals surface area contributed by atoms with Crippen molar-refractivity contribution < 1.29 is 10.0 Å². The largest absolute Gasteiger partial charge is 0.384 e. The summed E-state index contributed by atoms with van der Waals surface area (Å²) in [4.78, 5) is 4.51. The van der Waals surface area contributed by atoms with Gasteiger partial charge in [0.2, 0.25) is 0 Å². The first kappa shape index (κ1) is 6.07. The van der Waals surface area contributed by atoms with Crippen molar-refractivity contribution in [3.8, 4) is 5.75 Å². The molecule has 0 heterocycles. The van der Waals surface area contributed by atoms with Gasteiger partial charge < -0.3 is 4.84 Å². The number of para-hydroxylation sites is 1. The molecule has 0 fully saturated rings. The lowest BCUT2D eigenvalue weighted by Gasteiger charge is -1.97. The van der Waals surface area contributed by atoms with Gasteiger partial charge in [-0.2, -0.15) is 0 Å². The zero-order chi connectivity index (χ0) is 6.53. The van der Waals surface area contributed by atoms with Crippen molar-refractivity contribution in [2.75, 3.05) is 0 Å². The zero-order valence-electron chi connectivity index (χ0n) is 4.74. The maximum absolute atomic E-state index is 8.05. The van der Waals surface area contributed by atoms with Crippen molar-refractivity contribution in [1.29, 1.82) is 0 Å². The smallest absolute Gasteiger partial charge is 0.150 e. The third-order valence-corrected chi connectivity index (χ3v) is 0.907. The van der Waals surface area contributed by atoms with Gasteiger partial charge in [0.1, 0.15) is 5.75 Å². The summed E-state index contributed by atoms with van der Waals surface area (Å²) in [6, 6.07) is 8.94. The van der Waals surface area contributed by atoms with E-state index < -0.39 is 0 Å². The molecule has 0 saturated carbocycles. The SMILES string of the molecule is ONOc1ccccc1. The number of nitrogens with one attached hydrogen (secondary N) is 1. The normalized spacial score (nSPS) is 9.00. The molecule has 1 aromatic carbocycles. The Bertz CT molecular complexity index is 164. The molecule has 3 nitrogen and oxygen atoms in total. The van der Waals surface area contributed by atoms with Gasteiger partial charge in [-0.1, -0.05) is 18.2 Å². The summed E-state index contributed by atoms with van der Waals surface area (Å²) in [5.41, 5.74) is 1.58. The molecule has 0 bridgehead atoms. The fourth-order valence-corrected chi connectivity index (χ4v) is 0.541. The van der Waals surface area contributed by atoms with Crippen LogP contribution in [0.4, 0.5) is 0 Å². The van der Waals surface area contributed by atoms with Crippen LogP contribution in [-0.2, 0) is 0 Å². The molecule has 3 heteroatoms. The topological polar surface area (TPSA) is 41.5 Å². The Labute approximate surface area is 52.8 Å². The molecular formula is C6H7NO2. The highest BCUT2D eigenvalue weighted by molar-refractivity contribution is 5.20. The number of benzene rings is 1. The van der Waals surface area contributed by atoms with Gasteiger partial charge in [0, 0.05) is 0 Å². The fourth-order valence-electron chi connectivity index (χ4n) is 0.541. The van der Waals surface area contributed by atoms with Gasteiger partial charge in [-0.3, -0.25) is 5.21 Å². The molecule has 1 aromatic rings. The Morgan fingerprint density at radius 2 is 1.89 bits per heavy atom. The van der Waals surface area contributed by atoms with E-state index in [0.717, 1.165) is 0 Å². The molecular weight excluding hydrogens is 118 g/mol. The van der Waals surface area contributed by atoms with Crippen LogP contribution in [0.5, 0.6) is 5.75 Å². The Morgan fingerprint density at radius 1 is 1.22 bits per heavy atom. The van der Waals surface area contributed by atoms with Crippen LogP contribution in [0.1, 0.15) is 0 Å². The molecule has 0 spiro atoms. The van der Waals surface area contributed by atoms with Crippen molar-refractivity contribution in [2.24, 2.45) is 0 Å². The fraction of sp³-hybridized carbons (Fsp3) is 0.